The Bertz CT molecular complexity index is 670. The van der Waals surface area contributed by atoms with Crippen molar-refractivity contribution in [2.24, 2.45) is 0 Å². The lowest BCUT2D eigenvalue weighted by Gasteiger charge is -2.07. The summed E-state index contributed by atoms with van der Waals surface area (Å²) in [5, 5.41) is 0.378. The Morgan fingerprint density at radius 2 is 2.05 bits per heavy atom. The molecule has 1 aromatic carbocycles. The molecule has 0 fully saturated rings. The van der Waals surface area contributed by atoms with Crippen LogP contribution in [0.5, 0.6) is 5.75 Å². The standard InChI is InChI=1S/C16H14ClNO4/c1-11(19)13-3-2-4-14(7-13)21-10-16(20)22-9-12-5-6-15(17)18-8-12/h2-8H,9-10H2,1H3. The first-order valence-electron chi connectivity index (χ1n) is 6.54. The van der Waals surface area contributed by atoms with E-state index in [1.807, 2.05) is 0 Å². The van der Waals surface area contributed by atoms with Crippen LogP contribution in [0.4, 0.5) is 0 Å². The highest BCUT2D eigenvalue weighted by Gasteiger charge is 2.07. The van der Waals surface area contributed by atoms with E-state index in [0.717, 1.165) is 5.56 Å². The van der Waals surface area contributed by atoms with Crippen LogP contribution >= 0.6 is 11.6 Å². The number of hydrogen-bond acceptors (Lipinski definition) is 5. The van der Waals surface area contributed by atoms with E-state index < -0.39 is 5.97 Å². The highest BCUT2D eigenvalue weighted by atomic mass is 35.5. The largest absolute Gasteiger partial charge is 0.482 e. The van der Waals surface area contributed by atoms with E-state index >= 15 is 0 Å². The lowest BCUT2D eigenvalue weighted by atomic mass is 10.1. The molecule has 0 unspecified atom stereocenters. The molecule has 0 bridgehead atoms. The van der Waals surface area contributed by atoms with E-state index in [1.54, 1.807) is 36.4 Å². The molecule has 0 aliphatic rings. The minimum absolute atomic E-state index is 0.0664. The van der Waals surface area contributed by atoms with Crippen LogP contribution in [0.1, 0.15) is 22.8 Å². The number of hydrogen-bond donors (Lipinski definition) is 0. The molecule has 0 aliphatic heterocycles. The molecule has 22 heavy (non-hydrogen) atoms. The van der Waals surface area contributed by atoms with Gasteiger partial charge in [-0.15, -0.1) is 0 Å². The predicted molar refractivity (Wildman–Crippen MR) is 81.0 cm³/mol. The molecule has 6 heteroatoms. The van der Waals surface area contributed by atoms with Gasteiger partial charge in [-0.1, -0.05) is 29.8 Å². The summed E-state index contributed by atoms with van der Waals surface area (Å²) in [4.78, 5) is 26.8. The number of rotatable bonds is 6. The first kappa shape index (κ1) is 16.0. The molecule has 0 atom stereocenters. The zero-order chi connectivity index (χ0) is 15.9. The van der Waals surface area contributed by atoms with Gasteiger partial charge in [-0.05, 0) is 25.1 Å². The fourth-order valence-electron chi connectivity index (χ4n) is 1.64. The number of nitrogens with zero attached hydrogens (tertiary/aromatic N) is 1. The van der Waals surface area contributed by atoms with Gasteiger partial charge in [-0.3, -0.25) is 4.79 Å². The lowest BCUT2D eigenvalue weighted by Crippen LogP contribution is -2.15. The van der Waals surface area contributed by atoms with Gasteiger partial charge < -0.3 is 9.47 Å². The van der Waals surface area contributed by atoms with Crippen molar-refractivity contribution >= 4 is 23.4 Å². The molecule has 0 N–H and O–H groups in total. The second kappa shape index (κ2) is 7.56. The van der Waals surface area contributed by atoms with Gasteiger partial charge >= 0.3 is 5.97 Å². The number of ether oxygens (including phenoxy) is 2. The van der Waals surface area contributed by atoms with Gasteiger partial charge in [-0.25, -0.2) is 9.78 Å². The first-order chi connectivity index (χ1) is 10.5. The number of carbonyl (C=O) groups excluding carboxylic acids is 2. The molecule has 2 rings (SSSR count). The van der Waals surface area contributed by atoms with Crippen LogP contribution in [-0.4, -0.2) is 23.3 Å². The Kier molecular flexibility index (Phi) is 5.49. The normalized spacial score (nSPS) is 10.1. The third kappa shape index (κ3) is 4.86. The van der Waals surface area contributed by atoms with E-state index in [4.69, 9.17) is 21.1 Å². The molecule has 0 saturated heterocycles. The van der Waals surface area contributed by atoms with Crippen LogP contribution in [0.3, 0.4) is 0 Å². The van der Waals surface area contributed by atoms with Crippen LogP contribution in [0.15, 0.2) is 42.6 Å². The number of ketones is 1. The number of carbonyl (C=O) groups is 2. The van der Waals surface area contributed by atoms with Crippen LogP contribution in [0.2, 0.25) is 5.15 Å². The fraction of sp³-hybridized carbons (Fsp3) is 0.188. The predicted octanol–water partition coefficient (Wildman–Crippen LogP) is 3.06. The maximum Gasteiger partial charge on any atom is 0.344 e. The Morgan fingerprint density at radius 3 is 2.73 bits per heavy atom. The zero-order valence-corrected chi connectivity index (χ0v) is 12.7. The highest BCUT2D eigenvalue weighted by molar-refractivity contribution is 6.29. The summed E-state index contributed by atoms with van der Waals surface area (Å²) in [5.74, 6) is -0.135. The zero-order valence-electron chi connectivity index (χ0n) is 11.9. The van der Waals surface area contributed by atoms with Gasteiger partial charge in [0.1, 0.15) is 17.5 Å². The van der Waals surface area contributed by atoms with Crippen LogP contribution < -0.4 is 4.74 Å². The number of aromatic nitrogens is 1. The van der Waals surface area contributed by atoms with Gasteiger partial charge in [0.05, 0.1) is 0 Å². The smallest absolute Gasteiger partial charge is 0.344 e. The summed E-state index contributed by atoms with van der Waals surface area (Å²) < 4.78 is 10.4. The third-order valence-electron chi connectivity index (χ3n) is 2.79. The van der Waals surface area contributed by atoms with Crippen molar-refractivity contribution in [3.8, 4) is 5.75 Å². The molecule has 0 radical (unpaired) electrons. The average Bonchev–Trinajstić information content (AvgIpc) is 2.52. The van der Waals surface area contributed by atoms with Crippen molar-refractivity contribution in [3.63, 3.8) is 0 Å². The van der Waals surface area contributed by atoms with Crippen molar-refractivity contribution in [2.75, 3.05) is 6.61 Å². The molecule has 0 amide bonds. The van der Waals surface area contributed by atoms with Crippen molar-refractivity contribution < 1.29 is 19.1 Å². The van der Waals surface area contributed by atoms with E-state index in [2.05, 4.69) is 4.98 Å². The number of pyridine rings is 1. The molecule has 0 aliphatic carbocycles. The van der Waals surface area contributed by atoms with E-state index in [-0.39, 0.29) is 19.0 Å². The maximum absolute atomic E-state index is 11.6. The summed E-state index contributed by atoms with van der Waals surface area (Å²) >= 11 is 5.66. The molecule has 0 spiro atoms. The second-order valence-corrected chi connectivity index (χ2v) is 4.91. The van der Waals surface area contributed by atoms with Crippen molar-refractivity contribution in [1.82, 2.24) is 4.98 Å². The molecular weight excluding hydrogens is 306 g/mol. The monoisotopic (exact) mass is 319 g/mol. The third-order valence-corrected chi connectivity index (χ3v) is 3.01. The Hall–Kier alpha value is -2.40. The molecule has 1 heterocycles. The minimum atomic E-state index is -0.511. The maximum atomic E-state index is 11.6. The van der Waals surface area contributed by atoms with Gasteiger partial charge in [0, 0.05) is 17.3 Å². The fourth-order valence-corrected chi connectivity index (χ4v) is 1.76. The summed E-state index contributed by atoms with van der Waals surface area (Å²) in [7, 11) is 0. The highest BCUT2D eigenvalue weighted by Crippen LogP contribution is 2.14. The second-order valence-electron chi connectivity index (χ2n) is 4.52. The van der Waals surface area contributed by atoms with Crippen LogP contribution in [0.25, 0.3) is 0 Å². The van der Waals surface area contributed by atoms with Gasteiger partial charge in [0.2, 0.25) is 0 Å². The Balaban J connectivity index is 1.81. The summed E-state index contributed by atoms with van der Waals surface area (Å²) in [6.07, 6.45) is 1.53. The minimum Gasteiger partial charge on any atom is -0.482 e. The number of esters is 1. The Labute approximate surface area is 132 Å². The van der Waals surface area contributed by atoms with E-state index in [1.165, 1.54) is 13.1 Å². The van der Waals surface area contributed by atoms with Gasteiger partial charge in [0.25, 0.3) is 0 Å². The SMILES string of the molecule is CC(=O)c1cccc(OCC(=O)OCc2ccc(Cl)nc2)c1. The number of halogens is 1. The molecular formula is C16H14ClNO4. The van der Waals surface area contributed by atoms with E-state index in [0.29, 0.717) is 16.5 Å². The van der Waals surface area contributed by atoms with Gasteiger partial charge in [-0.2, -0.15) is 0 Å². The quantitative estimate of drug-likeness (QED) is 0.465. The van der Waals surface area contributed by atoms with Crippen molar-refractivity contribution in [1.29, 1.82) is 0 Å². The molecule has 114 valence electrons. The summed E-state index contributed by atoms with van der Waals surface area (Å²) in [6, 6.07) is 9.97. The first-order valence-corrected chi connectivity index (χ1v) is 6.92. The summed E-state index contributed by atoms with van der Waals surface area (Å²) in [6.45, 7) is 1.33. The lowest BCUT2D eigenvalue weighted by molar-refractivity contribution is -0.147. The molecule has 2 aromatic rings. The van der Waals surface area contributed by atoms with E-state index in [9.17, 15) is 9.59 Å². The Morgan fingerprint density at radius 1 is 1.23 bits per heavy atom. The molecule has 5 nitrogen and oxygen atoms in total. The molecule has 1 aromatic heterocycles. The number of benzene rings is 1. The number of Topliss-reactive ketones (excluding diaryl/α,β-unsaturated/α-hetero) is 1. The average molecular weight is 320 g/mol. The van der Waals surface area contributed by atoms with Crippen molar-refractivity contribution in [2.45, 2.75) is 13.5 Å². The van der Waals surface area contributed by atoms with Crippen LogP contribution in [0, 0.1) is 0 Å². The molecule has 0 saturated carbocycles. The van der Waals surface area contributed by atoms with Crippen LogP contribution in [-0.2, 0) is 16.1 Å². The van der Waals surface area contributed by atoms with Gasteiger partial charge in [0.15, 0.2) is 12.4 Å². The topological polar surface area (TPSA) is 65.5 Å². The summed E-state index contributed by atoms with van der Waals surface area (Å²) in [5.41, 5.74) is 1.26. The van der Waals surface area contributed by atoms with Crippen molar-refractivity contribution in [3.05, 3.63) is 58.9 Å².